The van der Waals surface area contributed by atoms with E-state index in [1.807, 2.05) is 0 Å². The van der Waals surface area contributed by atoms with E-state index in [0.717, 1.165) is 6.42 Å². The van der Waals surface area contributed by atoms with Crippen molar-refractivity contribution in [2.75, 3.05) is 13.1 Å². The van der Waals surface area contributed by atoms with Gasteiger partial charge in [-0.15, -0.1) is 0 Å². The van der Waals surface area contributed by atoms with Gasteiger partial charge in [0.15, 0.2) is 0 Å². The molecule has 1 aromatic heterocycles. The van der Waals surface area contributed by atoms with Gasteiger partial charge in [0.25, 0.3) is 0 Å². The van der Waals surface area contributed by atoms with Crippen molar-refractivity contribution in [1.82, 2.24) is 13.9 Å². The molecule has 0 aliphatic carbocycles. The maximum absolute atomic E-state index is 13.0. The minimum absolute atomic E-state index is 0.0554. The van der Waals surface area contributed by atoms with Crippen LogP contribution in [0.2, 0.25) is 5.15 Å². The molecule has 0 bridgehead atoms. The lowest BCUT2D eigenvalue weighted by Gasteiger charge is -2.34. The second-order valence-corrected chi connectivity index (χ2v) is 9.75. The number of sulfonamides is 1. The third-order valence-electron chi connectivity index (χ3n) is 4.90. The summed E-state index contributed by atoms with van der Waals surface area (Å²) in [5.74, 6) is 0.488. The first-order valence-electron chi connectivity index (χ1n) is 9.12. The van der Waals surface area contributed by atoms with Crippen LogP contribution in [0, 0.1) is 11.8 Å². The highest BCUT2D eigenvalue weighted by Crippen LogP contribution is 2.27. The lowest BCUT2D eigenvalue weighted by Crippen LogP contribution is -2.42. The molecule has 1 aliphatic rings. The molecular weight excluding hydrogens is 402 g/mol. The Morgan fingerprint density at radius 1 is 1.29 bits per heavy atom. The predicted molar refractivity (Wildman–Crippen MR) is 105 cm³/mol. The molecular formula is C19H24ClN3O4S. The van der Waals surface area contributed by atoms with Crippen molar-refractivity contribution in [2.24, 2.45) is 18.9 Å². The zero-order valence-corrected chi connectivity index (χ0v) is 17.7. The molecule has 2 aromatic rings. The van der Waals surface area contributed by atoms with Crippen LogP contribution in [0.4, 0.5) is 0 Å². The molecule has 0 unspecified atom stereocenters. The molecule has 1 aromatic carbocycles. The van der Waals surface area contributed by atoms with Crippen LogP contribution in [-0.2, 0) is 28.4 Å². The molecule has 7 nitrogen and oxygen atoms in total. The van der Waals surface area contributed by atoms with Crippen LogP contribution in [0.25, 0.3) is 0 Å². The van der Waals surface area contributed by atoms with Gasteiger partial charge in [0.05, 0.1) is 16.7 Å². The fourth-order valence-corrected chi connectivity index (χ4v) is 5.38. The van der Waals surface area contributed by atoms with Crippen LogP contribution in [0.3, 0.4) is 0 Å². The fraction of sp³-hybridized carbons (Fsp3) is 0.474. The monoisotopic (exact) mass is 425 g/mol. The van der Waals surface area contributed by atoms with Crippen molar-refractivity contribution >= 4 is 27.6 Å². The summed E-state index contributed by atoms with van der Waals surface area (Å²) in [5.41, 5.74) is 0.180. The SMILES string of the molecule is C[C@@H]1C[C@H](C)CN(S(=O)(=O)c2cccc(C(=O)OCc3ncc(Cl)n3C)c2)C1. The first-order chi connectivity index (χ1) is 13.2. The Labute approximate surface area is 170 Å². The lowest BCUT2D eigenvalue weighted by molar-refractivity contribution is 0.0459. The Balaban J connectivity index is 1.75. The molecule has 2 heterocycles. The van der Waals surface area contributed by atoms with E-state index < -0.39 is 16.0 Å². The largest absolute Gasteiger partial charge is 0.454 e. The number of nitrogens with zero attached hydrogens (tertiary/aromatic N) is 3. The molecule has 2 atom stereocenters. The van der Waals surface area contributed by atoms with Gasteiger partial charge in [-0.25, -0.2) is 18.2 Å². The number of benzene rings is 1. The van der Waals surface area contributed by atoms with E-state index in [-0.39, 0.29) is 17.1 Å². The summed E-state index contributed by atoms with van der Waals surface area (Å²) < 4.78 is 34.4. The average Bonchev–Trinajstić information content (AvgIpc) is 2.97. The smallest absolute Gasteiger partial charge is 0.338 e. The normalized spacial score (nSPS) is 20.9. The minimum Gasteiger partial charge on any atom is -0.454 e. The average molecular weight is 426 g/mol. The number of rotatable bonds is 5. The number of halogens is 1. The summed E-state index contributed by atoms with van der Waals surface area (Å²) in [6, 6.07) is 5.97. The zero-order chi connectivity index (χ0) is 20.5. The zero-order valence-electron chi connectivity index (χ0n) is 16.1. The van der Waals surface area contributed by atoms with Crippen molar-refractivity contribution < 1.29 is 17.9 Å². The Kier molecular flexibility index (Phi) is 6.12. The Hall–Kier alpha value is -1.90. The van der Waals surface area contributed by atoms with E-state index in [4.69, 9.17) is 16.3 Å². The Bertz CT molecular complexity index is 963. The molecule has 0 N–H and O–H groups in total. The summed E-state index contributed by atoms with van der Waals surface area (Å²) in [7, 11) is -1.95. The first-order valence-corrected chi connectivity index (χ1v) is 10.9. The number of carbonyl (C=O) groups is 1. The standard InChI is InChI=1S/C19H24ClN3O4S/c1-13-7-14(2)11-23(10-13)28(25,26)16-6-4-5-15(8-16)19(24)27-12-18-21-9-17(20)22(18)3/h4-6,8-9,13-14H,7,10-12H2,1-3H3/t13-,14+. The van der Waals surface area contributed by atoms with Crippen molar-refractivity contribution in [1.29, 1.82) is 0 Å². The van der Waals surface area contributed by atoms with Gasteiger partial charge < -0.3 is 9.30 Å². The van der Waals surface area contributed by atoms with Crippen LogP contribution in [0.5, 0.6) is 0 Å². The summed E-state index contributed by atoms with van der Waals surface area (Å²) in [4.78, 5) is 16.6. The van der Waals surface area contributed by atoms with Crippen LogP contribution in [0.1, 0.15) is 36.5 Å². The number of carbonyl (C=O) groups excluding carboxylic acids is 1. The summed E-state index contributed by atoms with van der Waals surface area (Å²) >= 11 is 5.92. The van der Waals surface area contributed by atoms with Gasteiger partial charge >= 0.3 is 5.97 Å². The van der Waals surface area contributed by atoms with Crippen molar-refractivity contribution in [3.8, 4) is 0 Å². The number of hydrogen-bond donors (Lipinski definition) is 0. The predicted octanol–water partition coefficient (Wildman–Crippen LogP) is 3.10. The highest BCUT2D eigenvalue weighted by Gasteiger charge is 2.32. The summed E-state index contributed by atoms with van der Waals surface area (Å²) in [6.07, 6.45) is 2.48. The maximum atomic E-state index is 13.0. The molecule has 0 spiro atoms. The van der Waals surface area contributed by atoms with E-state index in [0.29, 0.717) is 35.9 Å². The summed E-state index contributed by atoms with van der Waals surface area (Å²) in [5, 5.41) is 0.434. The lowest BCUT2D eigenvalue weighted by atomic mass is 9.94. The van der Waals surface area contributed by atoms with Crippen molar-refractivity contribution in [3.63, 3.8) is 0 Å². The van der Waals surface area contributed by atoms with Gasteiger partial charge in [0.1, 0.15) is 17.6 Å². The van der Waals surface area contributed by atoms with Crippen LogP contribution < -0.4 is 0 Å². The molecule has 1 aliphatic heterocycles. The highest BCUT2D eigenvalue weighted by atomic mass is 35.5. The molecule has 1 fully saturated rings. The van der Waals surface area contributed by atoms with Gasteiger partial charge in [0, 0.05) is 20.1 Å². The van der Waals surface area contributed by atoms with Crippen molar-refractivity contribution in [3.05, 3.63) is 47.0 Å². The maximum Gasteiger partial charge on any atom is 0.338 e. The number of aromatic nitrogens is 2. The summed E-state index contributed by atoms with van der Waals surface area (Å²) in [6.45, 7) is 5.02. The van der Waals surface area contributed by atoms with E-state index in [2.05, 4.69) is 18.8 Å². The van der Waals surface area contributed by atoms with E-state index in [1.54, 1.807) is 17.7 Å². The van der Waals surface area contributed by atoms with E-state index in [1.165, 1.54) is 28.7 Å². The third kappa shape index (κ3) is 4.39. The van der Waals surface area contributed by atoms with Gasteiger partial charge in [-0.05, 0) is 36.5 Å². The third-order valence-corrected chi connectivity index (χ3v) is 7.08. The van der Waals surface area contributed by atoms with E-state index >= 15 is 0 Å². The first kappa shape index (κ1) is 20.8. The van der Waals surface area contributed by atoms with E-state index in [9.17, 15) is 13.2 Å². The topological polar surface area (TPSA) is 81.5 Å². The van der Waals surface area contributed by atoms with Gasteiger partial charge in [-0.1, -0.05) is 31.5 Å². The van der Waals surface area contributed by atoms with Crippen LogP contribution >= 0.6 is 11.6 Å². The number of ether oxygens (including phenoxy) is 1. The van der Waals surface area contributed by atoms with Gasteiger partial charge in [-0.2, -0.15) is 4.31 Å². The highest BCUT2D eigenvalue weighted by molar-refractivity contribution is 7.89. The number of esters is 1. The van der Waals surface area contributed by atoms with Crippen molar-refractivity contribution in [2.45, 2.75) is 31.8 Å². The second kappa shape index (κ2) is 8.23. The molecule has 0 radical (unpaired) electrons. The number of hydrogen-bond acceptors (Lipinski definition) is 5. The van der Waals surface area contributed by atoms with Crippen LogP contribution in [-0.4, -0.2) is 41.3 Å². The molecule has 0 amide bonds. The quantitative estimate of drug-likeness (QED) is 0.687. The number of imidazole rings is 1. The molecule has 1 saturated heterocycles. The molecule has 152 valence electrons. The van der Waals surface area contributed by atoms with Crippen LogP contribution in [0.15, 0.2) is 35.4 Å². The molecule has 9 heteroatoms. The molecule has 28 heavy (non-hydrogen) atoms. The minimum atomic E-state index is -3.66. The Morgan fingerprint density at radius 2 is 1.96 bits per heavy atom. The fourth-order valence-electron chi connectivity index (χ4n) is 3.51. The van der Waals surface area contributed by atoms with Gasteiger partial charge in [-0.3, -0.25) is 0 Å². The molecule has 3 rings (SSSR count). The number of piperidine rings is 1. The second-order valence-electron chi connectivity index (χ2n) is 7.43. The molecule has 0 saturated carbocycles. The Morgan fingerprint density at radius 3 is 2.57 bits per heavy atom. The van der Waals surface area contributed by atoms with Gasteiger partial charge in [0.2, 0.25) is 10.0 Å².